The number of nitrogens with one attached hydrogen (secondary N) is 1. The van der Waals surface area contributed by atoms with E-state index in [4.69, 9.17) is 5.26 Å². The Kier molecular flexibility index (Phi) is 5.49. The molecule has 4 heteroatoms. The fourth-order valence-electron chi connectivity index (χ4n) is 1.84. The minimum Gasteiger partial charge on any atom is -0.384 e. The van der Waals surface area contributed by atoms with Crippen LogP contribution in [0.25, 0.3) is 0 Å². The van der Waals surface area contributed by atoms with E-state index in [0.29, 0.717) is 0 Å². The molecule has 0 heterocycles. The molecule has 0 saturated heterocycles. The van der Waals surface area contributed by atoms with E-state index in [-0.39, 0.29) is 10.3 Å². The monoisotopic (exact) mass is 266 g/mol. The van der Waals surface area contributed by atoms with Crippen molar-refractivity contribution in [3.63, 3.8) is 0 Å². The lowest BCUT2D eigenvalue weighted by atomic mass is 10.0. The summed E-state index contributed by atoms with van der Waals surface area (Å²) < 4.78 is 13.6. The Morgan fingerprint density at radius 1 is 1.39 bits per heavy atom. The first kappa shape index (κ1) is 14.8. The molecule has 98 valence electrons. The number of hydrogen-bond donors (Lipinski definition) is 1. The minimum absolute atomic E-state index is 0.0858. The maximum absolute atomic E-state index is 13.4. The predicted octanol–water partition coefficient (Wildman–Crippen LogP) is 4.03. The molecule has 0 saturated carbocycles. The van der Waals surface area contributed by atoms with Crippen LogP contribution >= 0.6 is 11.8 Å². The second-order valence-electron chi connectivity index (χ2n) is 4.25. The van der Waals surface area contributed by atoms with E-state index in [2.05, 4.69) is 25.4 Å². The zero-order chi connectivity index (χ0) is 13.6. The summed E-state index contributed by atoms with van der Waals surface area (Å²) in [7, 11) is 0. The third-order valence-corrected chi connectivity index (χ3v) is 5.01. The van der Waals surface area contributed by atoms with Crippen LogP contribution in [0, 0.1) is 17.1 Å². The minimum atomic E-state index is -0.467. The van der Waals surface area contributed by atoms with Crippen LogP contribution in [-0.2, 0) is 0 Å². The van der Waals surface area contributed by atoms with Gasteiger partial charge in [0.25, 0.3) is 0 Å². The second-order valence-corrected chi connectivity index (χ2v) is 5.53. The molecule has 0 aliphatic heterocycles. The number of anilines is 1. The third-order valence-electron chi connectivity index (χ3n) is 3.43. The van der Waals surface area contributed by atoms with Gasteiger partial charge in [0.1, 0.15) is 11.9 Å². The Balaban J connectivity index is 2.75. The van der Waals surface area contributed by atoms with Crippen LogP contribution in [0.15, 0.2) is 18.2 Å². The molecular formula is C14H19FN2S. The zero-order valence-electron chi connectivity index (χ0n) is 11.1. The molecule has 0 aliphatic carbocycles. The number of halogens is 1. The van der Waals surface area contributed by atoms with Crippen molar-refractivity contribution in [2.24, 2.45) is 0 Å². The van der Waals surface area contributed by atoms with Gasteiger partial charge in [0.2, 0.25) is 0 Å². The van der Waals surface area contributed by atoms with Crippen LogP contribution < -0.4 is 5.32 Å². The highest BCUT2D eigenvalue weighted by Crippen LogP contribution is 2.30. The van der Waals surface area contributed by atoms with Crippen molar-refractivity contribution in [1.29, 1.82) is 5.26 Å². The molecule has 0 radical (unpaired) electrons. The number of benzene rings is 1. The van der Waals surface area contributed by atoms with Gasteiger partial charge >= 0.3 is 0 Å². The highest BCUT2D eigenvalue weighted by molar-refractivity contribution is 8.00. The summed E-state index contributed by atoms with van der Waals surface area (Å²) in [5.74, 6) is -0.467. The Morgan fingerprint density at radius 3 is 2.50 bits per heavy atom. The summed E-state index contributed by atoms with van der Waals surface area (Å²) in [6.45, 7) is 5.13. The van der Waals surface area contributed by atoms with Gasteiger partial charge in [-0.15, -0.1) is 0 Å². The topological polar surface area (TPSA) is 35.8 Å². The van der Waals surface area contributed by atoms with E-state index in [1.54, 1.807) is 6.07 Å². The number of nitrogens with zero attached hydrogens (tertiary/aromatic N) is 1. The van der Waals surface area contributed by atoms with Gasteiger partial charge in [0.15, 0.2) is 0 Å². The normalized spacial score (nSPS) is 11.1. The standard InChI is InChI=1S/C14H19FN2S/c1-4-14(5-2,18-3)10-17-12-7-6-11(9-16)13(15)8-12/h6-8,17H,4-5,10H2,1-3H3. The zero-order valence-corrected chi connectivity index (χ0v) is 11.9. The third kappa shape index (κ3) is 3.39. The largest absolute Gasteiger partial charge is 0.384 e. The van der Waals surface area contributed by atoms with Crippen LogP contribution in [0.4, 0.5) is 10.1 Å². The molecule has 2 nitrogen and oxygen atoms in total. The van der Waals surface area contributed by atoms with Crippen molar-refractivity contribution in [3.8, 4) is 6.07 Å². The molecule has 0 amide bonds. The Hall–Kier alpha value is -1.21. The van der Waals surface area contributed by atoms with Crippen molar-refractivity contribution in [2.75, 3.05) is 18.1 Å². The van der Waals surface area contributed by atoms with Gasteiger partial charge in [-0.2, -0.15) is 17.0 Å². The Labute approximate surface area is 113 Å². The molecule has 0 fully saturated rings. The lowest BCUT2D eigenvalue weighted by molar-refractivity contribution is 0.574. The second kappa shape index (κ2) is 6.65. The lowest BCUT2D eigenvalue weighted by Crippen LogP contribution is -2.32. The Morgan fingerprint density at radius 2 is 2.06 bits per heavy atom. The van der Waals surface area contributed by atoms with Gasteiger partial charge in [0, 0.05) is 17.0 Å². The average Bonchev–Trinajstić information content (AvgIpc) is 2.41. The van der Waals surface area contributed by atoms with E-state index < -0.39 is 5.82 Å². The van der Waals surface area contributed by atoms with Crippen LogP contribution in [-0.4, -0.2) is 17.5 Å². The van der Waals surface area contributed by atoms with Crippen LogP contribution in [0.3, 0.4) is 0 Å². The highest BCUT2D eigenvalue weighted by atomic mass is 32.2. The van der Waals surface area contributed by atoms with Crippen molar-refractivity contribution in [2.45, 2.75) is 31.4 Å². The fourth-order valence-corrected chi connectivity index (χ4v) is 2.63. The molecule has 18 heavy (non-hydrogen) atoms. The lowest BCUT2D eigenvalue weighted by Gasteiger charge is -2.30. The quantitative estimate of drug-likeness (QED) is 0.844. The van der Waals surface area contributed by atoms with Crippen molar-refractivity contribution >= 4 is 17.4 Å². The number of rotatable bonds is 6. The summed E-state index contributed by atoms with van der Waals surface area (Å²) in [5.41, 5.74) is 0.814. The number of thioether (sulfide) groups is 1. The molecule has 1 N–H and O–H groups in total. The van der Waals surface area contributed by atoms with Crippen molar-refractivity contribution < 1.29 is 4.39 Å². The van der Waals surface area contributed by atoms with Gasteiger partial charge in [-0.05, 0) is 37.3 Å². The molecule has 0 aromatic heterocycles. The molecule has 0 atom stereocenters. The van der Waals surface area contributed by atoms with Gasteiger partial charge in [-0.25, -0.2) is 4.39 Å². The van der Waals surface area contributed by atoms with E-state index in [0.717, 1.165) is 25.1 Å². The van der Waals surface area contributed by atoms with Crippen molar-refractivity contribution in [3.05, 3.63) is 29.6 Å². The molecular weight excluding hydrogens is 247 g/mol. The van der Waals surface area contributed by atoms with Crippen LogP contribution in [0.2, 0.25) is 0 Å². The molecule has 1 aromatic rings. The van der Waals surface area contributed by atoms with E-state index in [9.17, 15) is 4.39 Å². The van der Waals surface area contributed by atoms with E-state index in [1.165, 1.54) is 12.1 Å². The average molecular weight is 266 g/mol. The van der Waals surface area contributed by atoms with E-state index >= 15 is 0 Å². The summed E-state index contributed by atoms with van der Waals surface area (Å²) in [4.78, 5) is 0. The molecule has 0 spiro atoms. The number of nitriles is 1. The summed E-state index contributed by atoms with van der Waals surface area (Å²) in [5, 5.41) is 11.9. The highest BCUT2D eigenvalue weighted by Gasteiger charge is 2.24. The Bertz CT molecular complexity index is 428. The predicted molar refractivity (Wildman–Crippen MR) is 76.4 cm³/mol. The molecule has 0 bridgehead atoms. The number of hydrogen-bond acceptors (Lipinski definition) is 3. The molecule has 0 unspecified atom stereocenters. The molecule has 1 aromatic carbocycles. The van der Waals surface area contributed by atoms with Gasteiger partial charge < -0.3 is 5.32 Å². The van der Waals surface area contributed by atoms with Gasteiger partial charge in [-0.1, -0.05) is 13.8 Å². The maximum atomic E-state index is 13.4. The van der Waals surface area contributed by atoms with Crippen molar-refractivity contribution in [1.82, 2.24) is 0 Å². The maximum Gasteiger partial charge on any atom is 0.143 e. The van der Waals surface area contributed by atoms with Gasteiger partial charge in [-0.3, -0.25) is 0 Å². The molecule has 1 rings (SSSR count). The van der Waals surface area contributed by atoms with E-state index in [1.807, 2.05) is 17.8 Å². The summed E-state index contributed by atoms with van der Waals surface area (Å²) >= 11 is 1.84. The summed E-state index contributed by atoms with van der Waals surface area (Å²) in [6, 6.07) is 6.46. The molecule has 0 aliphatic rings. The van der Waals surface area contributed by atoms with Crippen LogP contribution in [0.5, 0.6) is 0 Å². The van der Waals surface area contributed by atoms with Crippen LogP contribution in [0.1, 0.15) is 32.3 Å². The first-order valence-electron chi connectivity index (χ1n) is 6.09. The first-order valence-corrected chi connectivity index (χ1v) is 7.32. The fraction of sp³-hybridized carbons (Fsp3) is 0.500. The van der Waals surface area contributed by atoms with Gasteiger partial charge in [0.05, 0.1) is 5.56 Å². The smallest absolute Gasteiger partial charge is 0.143 e. The first-order chi connectivity index (χ1) is 8.60. The SMILES string of the molecule is CCC(CC)(CNc1ccc(C#N)c(F)c1)SC. The summed E-state index contributed by atoms with van der Waals surface area (Å²) in [6.07, 6.45) is 4.24.